The lowest BCUT2D eigenvalue weighted by Crippen LogP contribution is -2.23. The molecule has 6 heteroatoms. The maximum absolute atomic E-state index is 11.9. The number of aromatic nitrogens is 1. The topological polar surface area (TPSA) is 60.5 Å². The van der Waals surface area contributed by atoms with Crippen molar-refractivity contribution in [2.75, 3.05) is 20.3 Å². The van der Waals surface area contributed by atoms with E-state index in [1.807, 2.05) is 25.1 Å². The number of carbonyl (C=O) groups is 1. The van der Waals surface area contributed by atoms with E-state index in [-0.39, 0.29) is 5.91 Å². The minimum Gasteiger partial charge on any atom is -0.493 e. The maximum atomic E-state index is 11.9. The highest BCUT2D eigenvalue weighted by Gasteiger charge is 2.13. The molecule has 0 aliphatic heterocycles. The summed E-state index contributed by atoms with van der Waals surface area (Å²) in [5, 5.41) is 5.19. The number of ether oxygens (including phenoxy) is 2. The lowest BCUT2D eigenvalue weighted by atomic mass is 10.2. The van der Waals surface area contributed by atoms with Crippen LogP contribution in [0, 0.1) is 0 Å². The molecule has 22 heavy (non-hydrogen) atoms. The molecule has 0 aliphatic carbocycles. The molecule has 0 spiro atoms. The molecule has 0 aliphatic rings. The van der Waals surface area contributed by atoms with E-state index in [4.69, 9.17) is 9.47 Å². The normalized spacial score (nSPS) is 10.1. The number of carbonyl (C=O) groups excluding carboxylic acids is 1. The molecule has 0 atom stereocenters. The van der Waals surface area contributed by atoms with Crippen LogP contribution in [0.1, 0.15) is 17.4 Å². The predicted octanol–water partition coefficient (Wildman–Crippen LogP) is 3.13. The van der Waals surface area contributed by atoms with Crippen molar-refractivity contribution in [3.8, 4) is 22.1 Å². The Morgan fingerprint density at radius 3 is 2.95 bits per heavy atom. The fourth-order valence-electron chi connectivity index (χ4n) is 1.84. The number of thiazole rings is 1. The average Bonchev–Trinajstić information content (AvgIpc) is 3.03. The summed E-state index contributed by atoms with van der Waals surface area (Å²) in [6.45, 7) is 6.47. The van der Waals surface area contributed by atoms with Gasteiger partial charge in [0.25, 0.3) is 5.91 Å². The van der Waals surface area contributed by atoms with Crippen molar-refractivity contribution in [3.05, 3.63) is 41.9 Å². The molecule has 1 aromatic heterocycles. The Kier molecular flexibility index (Phi) is 5.55. The van der Waals surface area contributed by atoms with Gasteiger partial charge in [-0.3, -0.25) is 4.79 Å². The standard InChI is InChI=1S/C16H18N2O3S/c1-4-8-17-15(19)12-10-22-16(18-12)11-6-7-13(21-5-2)14(9-11)20-3/h4,6-7,9-10H,1,5,8H2,2-3H3,(H,17,19). The van der Waals surface area contributed by atoms with Crippen molar-refractivity contribution in [1.82, 2.24) is 10.3 Å². The largest absolute Gasteiger partial charge is 0.493 e. The van der Waals surface area contributed by atoms with E-state index in [0.717, 1.165) is 10.6 Å². The number of hydrogen-bond acceptors (Lipinski definition) is 5. The quantitative estimate of drug-likeness (QED) is 0.797. The fourth-order valence-corrected chi connectivity index (χ4v) is 2.64. The van der Waals surface area contributed by atoms with Gasteiger partial charge in [0.1, 0.15) is 10.7 Å². The molecule has 2 aromatic rings. The second-order valence-corrected chi connectivity index (χ2v) is 5.19. The van der Waals surface area contributed by atoms with Gasteiger partial charge in [0.2, 0.25) is 0 Å². The van der Waals surface area contributed by atoms with Crippen LogP contribution in [0.25, 0.3) is 10.6 Å². The zero-order valence-electron chi connectivity index (χ0n) is 12.6. The van der Waals surface area contributed by atoms with Crippen LogP contribution >= 0.6 is 11.3 Å². The third-order valence-corrected chi connectivity index (χ3v) is 3.75. The zero-order valence-corrected chi connectivity index (χ0v) is 13.4. The van der Waals surface area contributed by atoms with Crippen molar-refractivity contribution < 1.29 is 14.3 Å². The molecule has 2 rings (SSSR count). The number of methoxy groups -OCH3 is 1. The van der Waals surface area contributed by atoms with Gasteiger partial charge >= 0.3 is 0 Å². The van der Waals surface area contributed by atoms with Crippen molar-refractivity contribution in [3.63, 3.8) is 0 Å². The van der Waals surface area contributed by atoms with E-state index in [0.29, 0.717) is 30.3 Å². The summed E-state index contributed by atoms with van der Waals surface area (Å²) in [6.07, 6.45) is 1.63. The fraction of sp³-hybridized carbons (Fsp3) is 0.250. The predicted molar refractivity (Wildman–Crippen MR) is 87.8 cm³/mol. The van der Waals surface area contributed by atoms with Crippen LogP contribution in [0.2, 0.25) is 0 Å². The van der Waals surface area contributed by atoms with Crippen molar-refractivity contribution in [2.45, 2.75) is 6.92 Å². The summed E-state index contributed by atoms with van der Waals surface area (Å²) in [6, 6.07) is 5.60. The first-order valence-corrected chi connectivity index (χ1v) is 7.73. The molecule has 5 nitrogen and oxygen atoms in total. The first-order valence-electron chi connectivity index (χ1n) is 6.85. The number of benzene rings is 1. The van der Waals surface area contributed by atoms with E-state index in [2.05, 4.69) is 16.9 Å². The third kappa shape index (κ3) is 3.65. The van der Waals surface area contributed by atoms with Gasteiger partial charge in [-0.2, -0.15) is 0 Å². The van der Waals surface area contributed by atoms with Gasteiger partial charge in [-0.05, 0) is 25.1 Å². The van der Waals surface area contributed by atoms with Gasteiger partial charge < -0.3 is 14.8 Å². The van der Waals surface area contributed by atoms with Gasteiger partial charge in [0, 0.05) is 17.5 Å². The third-order valence-electron chi connectivity index (χ3n) is 2.85. The van der Waals surface area contributed by atoms with Crippen LogP contribution in [0.15, 0.2) is 36.2 Å². The van der Waals surface area contributed by atoms with Gasteiger partial charge in [0.15, 0.2) is 11.5 Å². The summed E-state index contributed by atoms with van der Waals surface area (Å²) >= 11 is 1.41. The van der Waals surface area contributed by atoms with Crippen LogP contribution in [-0.2, 0) is 0 Å². The SMILES string of the molecule is C=CCNC(=O)c1csc(-c2ccc(OCC)c(OC)c2)n1. The Hall–Kier alpha value is -2.34. The van der Waals surface area contributed by atoms with Gasteiger partial charge in [-0.25, -0.2) is 4.98 Å². The Labute approximate surface area is 133 Å². The molecule has 0 saturated carbocycles. The monoisotopic (exact) mass is 318 g/mol. The second kappa shape index (κ2) is 7.61. The van der Waals surface area contributed by atoms with Crippen LogP contribution in [0.4, 0.5) is 0 Å². The van der Waals surface area contributed by atoms with Crippen LogP contribution in [0.5, 0.6) is 11.5 Å². The number of amides is 1. The summed E-state index contributed by atoms with van der Waals surface area (Å²) in [5.74, 6) is 1.13. The molecule has 1 N–H and O–H groups in total. The maximum Gasteiger partial charge on any atom is 0.271 e. The van der Waals surface area contributed by atoms with Crippen LogP contribution in [0.3, 0.4) is 0 Å². The first kappa shape index (κ1) is 16.0. The highest BCUT2D eigenvalue weighted by Crippen LogP contribution is 2.33. The van der Waals surface area contributed by atoms with Gasteiger partial charge in [-0.1, -0.05) is 6.08 Å². The molecular weight excluding hydrogens is 300 g/mol. The Morgan fingerprint density at radius 1 is 1.45 bits per heavy atom. The Morgan fingerprint density at radius 2 is 2.27 bits per heavy atom. The first-order chi connectivity index (χ1) is 10.7. The molecule has 0 bridgehead atoms. The number of nitrogens with zero attached hydrogens (tertiary/aromatic N) is 1. The van der Waals surface area contributed by atoms with E-state index in [1.165, 1.54) is 11.3 Å². The van der Waals surface area contributed by atoms with Crippen molar-refractivity contribution >= 4 is 17.2 Å². The smallest absolute Gasteiger partial charge is 0.271 e. The Bertz CT molecular complexity index is 667. The van der Waals surface area contributed by atoms with E-state index in [9.17, 15) is 4.79 Å². The summed E-state index contributed by atoms with van der Waals surface area (Å²) < 4.78 is 10.8. The highest BCUT2D eigenvalue weighted by molar-refractivity contribution is 7.13. The van der Waals surface area contributed by atoms with Crippen molar-refractivity contribution in [1.29, 1.82) is 0 Å². The van der Waals surface area contributed by atoms with Gasteiger partial charge in [0.05, 0.1) is 13.7 Å². The van der Waals surface area contributed by atoms with E-state index in [1.54, 1.807) is 18.6 Å². The highest BCUT2D eigenvalue weighted by atomic mass is 32.1. The summed E-state index contributed by atoms with van der Waals surface area (Å²) in [5.41, 5.74) is 1.28. The summed E-state index contributed by atoms with van der Waals surface area (Å²) in [7, 11) is 1.59. The lowest BCUT2D eigenvalue weighted by molar-refractivity contribution is 0.0954. The van der Waals surface area contributed by atoms with E-state index < -0.39 is 0 Å². The molecule has 1 amide bonds. The minimum absolute atomic E-state index is 0.208. The molecule has 1 heterocycles. The van der Waals surface area contributed by atoms with Crippen LogP contribution < -0.4 is 14.8 Å². The Balaban J connectivity index is 2.23. The molecule has 0 fully saturated rings. The molecule has 0 saturated heterocycles. The second-order valence-electron chi connectivity index (χ2n) is 4.34. The summed E-state index contributed by atoms with van der Waals surface area (Å²) in [4.78, 5) is 16.2. The lowest BCUT2D eigenvalue weighted by Gasteiger charge is -2.09. The minimum atomic E-state index is -0.208. The molecule has 0 radical (unpaired) electrons. The average molecular weight is 318 g/mol. The van der Waals surface area contributed by atoms with Gasteiger partial charge in [-0.15, -0.1) is 17.9 Å². The molecule has 1 aromatic carbocycles. The van der Waals surface area contributed by atoms with E-state index >= 15 is 0 Å². The van der Waals surface area contributed by atoms with Crippen molar-refractivity contribution in [2.24, 2.45) is 0 Å². The number of nitrogens with one attached hydrogen (secondary N) is 1. The number of hydrogen-bond donors (Lipinski definition) is 1. The number of rotatable bonds is 7. The zero-order chi connectivity index (χ0) is 15.9. The van der Waals surface area contributed by atoms with Crippen LogP contribution in [-0.4, -0.2) is 31.2 Å². The molecule has 0 unspecified atom stereocenters. The molecule has 116 valence electrons. The molecular formula is C16H18N2O3S.